The number of halogens is 2. The van der Waals surface area contributed by atoms with Crippen LogP contribution in [0.4, 0.5) is 26.1 Å². The topological polar surface area (TPSA) is 70.2 Å². The maximum absolute atomic E-state index is 14.0. The van der Waals surface area contributed by atoms with E-state index in [1.807, 2.05) is 57.4 Å². The van der Waals surface area contributed by atoms with Crippen molar-refractivity contribution < 1.29 is 13.6 Å². The van der Waals surface area contributed by atoms with Crippen molar-refractivity contribution in [3.05, 3.63) is 113 Å². The smallest absolute Gasteiger partial charge is 0.255 e. The number of carbonyl (C=O) groups is 1. The molecule has 5 rings (SSSR count). The van der Waals surface area contributed by atoms with E-state index >= 15 is 0 Å². The Kier molecular flexibility index (Phi) is 7.29. The molecular formula is C31H27F2N5O. The molecule has 39 heavy (non-hydrogen) atoms. The van der Waals surface area contributed by atoms with Crippen LogP contribution in [-0.2, 0) is 6.54 Å². The van der Waals surface area contributed by atoms with Crippen molar-refractivity contribution in [3.63, 3.8) is 0 Å². The second kappa shape index (κ2) is 11.0. The van der Waals surface area contributed by atoms with Gasteiger partial charge in [-0.2, -0.15) is 0 Å². The number of carbonyl (C=O) groups excluding carboxylic acids is 1. The van der Waals surface area contributed by atoms with Crippen LogP contribution in [0.2, 0.25) is 0 Å². The summed E-state index contributed by atoms with van der Waals surface area (Å²) in [7, 11) is 4.00. The van der Waals surface area contributed by atoms with Crippen LogP contribution in [0, 0.1) is 18.6 Å². The first-order valence-corrected chi connectivity index (χ1v) is 12.4. The van der Waals surface area contributed by atoms with E-state index in [1.165, 1.54) is 12.1 Å². The zero-order valence-corrected chi connectivity index (χ0v) is 21.8. The second-order valence-corrected chi connectivity index (χ2v) is 9.61. The Balaban J connectivity index is 1.38. The molecule has 0 unspecified atom stereocenters. The molecule has 4 aromatic carbocycles. The van der Waals surface area contributed by atoms with Crippen molar-refractivity contribution >= 4 is 34.1 Å². The fourth-order valence-corrected chi connectivity index (χ4v) is 4.34. The van der Waals surface area contributed by atoms with Crippen LogP contribution in [-0.4, -0.2) is 34.9 Å². The minimum atomic E-state index is -0.685. The van der Waals surface area contributed by atoms with E-state index in [4.69, 9.17) is 0 Å². The van der Waals surface area contributed by atoms with Crippen LogP contribution in [0.15, 0.2) is 84.9 Å². The third-order valence-electron chi connectivity index (χ3n) is 6.19. The van der Waals surface area contributed by atoms with Gasteiger partial charge in [-0.25, -0.2) is 18.7 Å². The first-order chi connectivity index (χ1) is 18.7. The summed E-state index contributed by atoms with van der Waals surface area (Å²) in [6, 6.07) is 23.5. The molecule has 0 saturated heterocycles. The minimum Gasteiger partial charge on any atom is -0.324 e. The molecule has 1 heterocycles. The molecule has 5 aromatic rings. The van der Waals surface area contributed by atoms with Gasteiger partial charge >= 0.3 is 0 Å². The highest BCUT2D eigenvalue weighted by atomic mass is 19.1. The molecule has 0 aliphatic rings. The lowest BCUT2D eigenvalue weighted by atomic mass is 10.1. The predicted molar refractivity (Wildman–Crippen MR) is 151 cm³/mol. The number of aromatic nitrogens is 2. The lowest BCUT2D eigenvalue weighted by molar-refractivity contribution is 0.102. The average Bonchev–Trinajstić information content (AvgIpc) is 2.89. The summed E-state index contributed by atoms with van der Waals surface area (Å²) in [5.74, 6) is -1.32. The number of amides is 1. The van der Waals surface area contributed by atoms with Crippen molar-refractivity contribution in [2.75, 3.05) is 24.7 Å². The molecular weight excluding hydrogens is 496 g/mol. The third-order valence-corrected chi connectivity index (χ3v) is 6.19. The molecule has 0 spiro atoms. The Morgan fingerprint density at radius 2 is 1.59 bits per heavy atom. The highest BCUT2D eigenvalue weighted by molar-refractivity contribution is 6.05. The summed E-state index contributed by atoms with van der Waals surface area (Å²) in [5, 5.41) is 6.81. The average molecular weight is 524 g/mol. The number of benzene rings is 4. The second-order valence-electron chi connectivity index (χ2n) is 9.61. The van der Waals surface area contributed by atoms with Gasteiger partial charge in [0, 0.05) is 40.5 Å². The van der Waals surface area contributed by atoms with Gasteiger partial charge in [0.1, 0.15) is 11.6 Å². The van der Waals surface area contributed by atoms with Crippen molar-refractivity contribution in [1.82, 2.24) is 14.9 Å². The monoisotopic (exact) mass is 523 g/mol. The summed E-state index contributed by atoms with van der Waals surface area (Å²) in [4.78, 5) is 24.1. The van der Waals surface area contributed by atoms with Crippen LogP contribution in [0.25, 0.3) is 22.2 Å². The van der Waals surface area contributed by atoms with Gasteiger partial charge < -0.3 is 15.5 Å². The Bertz CT molecular complexity index is 1650. The highest BCUT2D eigenvalue weighted by Gasteiger charge is 2.13. The normalized spacial score (nSPS) is 11.1. The van der Waals surface area contributed by atoms with Crippen LogP contribution >= 0.6 is 0 Å². The van der Waals surface area contributed by atoms with E-state index in [-0.39, 0.29) is 11.9 Å². The highest BCUT2D eigenvalue weighted by Crippen LogP contribution is 2.29. The van der Waals surface area contributed by atoms with Crippen molar-refractivity contribution in [1.29, 1.82) is 0 Å². The number of nitrogens with zero attached hydrogens (tertiary/aromatic N) is 3. The Morgan fingerprint density at radius 1 is 0.872 bits per heavy atom. The number of anilines is 3. The molecule has 6 nitrogen and oxygen atoms in total. The molecule has 8 heteroatoms. The number of rotatable bonds is 7. The fourth-order valence-electron chi connectivity index (χ4n) is 4.34. The van der Waals surface area contributed by atoms with Gasteiger partial charge in [0.05, 0.1) is 11.2 Å². The van der Waals surface area contributed by atoms with Crippen LogP contribution in [0.1, 0.15) is 21.5 Å². The third kappa shape index (κ3) is 6.08. The van der Waals surface area contributed by atoms with E-state index in [0.29, 0.717) is 33.4 Å². The van der Waals surface area contributed by atoms with Crippen molar-refractivity contribution in [3.8, 4) is 11.3 Å². The lowest BCUT2D eigenvalue weighted by Gasteiger charge is -2.14. The summed E-state index contributed by atoms with van der Waals surface area (Å²) in [6.07, 6.45) is 0. The number of hydrogen-bond donors (Lipinski definition) is 2. The molecule has 0 aliphatic carbocycles. The zero-order chi connectivity index (χ0) is 27.5. The number of para-hydroxylation sites is 1. The van der Waals surface area contributed by atoms with Crippen LogP contribution in [0.3, 0.4) is 0 Å². The van der Waals surface area contributed by atoms with Crippen LogP contribution < -0.4 is 10.6 Å². The van der Waals surface area contributed by atoms with Gasteiger partial charge in [-0.3, -0.25) is 4.79 Å². The summed E-state index contributed by atoms with van der Waals surface area (Å²) >= 11 is 0. The molecule has 2 N–H and O–H groups in total. The Hall–Kier alpha value is -4.69. The number of aryl methyl sites for hydroxylation is 1. The quantitative estimate of drug-likeness (QED) is 0.242. The van der Waals surface area contributed by atoms with Crippen molar-refractivity contribution in [2.45, 2.75) is 13.5 Å². The predicted octanol–water partition coefficient (Wildman–Crippen LogP) is 6.94. The minimum absolute atomic E-state index is 0.218. The SMILES string of the molecule is Cc1ccc(CN(C)C)cc1NC(=O)c1ccc(Nc2nc(-c3cc(F)cc(F)c3)c3ccccc3n2)cc1. The van der Waals surface area contributed by atoms with E-state index in [0.717, 1.165) is 29.4 Å². The molecule has 1 aromatic heterocycles. The van der Waals surface area contributed by atoms with Gasteiger partial charge in [-0.15, -0.1) is 0 Å². The van der Waals surface area contributed by atoms with Crippen LogP contribution in [0.5, 0.6) is 0 Å². The van der Waals surface area contributed by atoms with Crippen molar-refractivity contribution in [2.24, 2.45) is 0 Å². The van der Waals surface area contributed by atoms with Gasteiger partial charge in [0.2, 0.25) is 5.95 Å². The molecule has 0 radical (unpaired) electrons. The van der Waals surface area contributed by atoms with E-state index in [1.54, 1.807) is 24.3 Å². The van der Waals surface area contributed by atoms with E-state index in [9.17, 15) is 13.6 Å². The Labute approximate surface area is 225 Å². The molecule has 0 aliphatic heterocycles. The fraction of sp³-hybridized carbons (Fsp3) is 0.129. The van der Waals surface area contributed by atoms with Gasteiger partial charge in [-0.05, 0) is 80.7 Å². The zero-order valence-electron chi connectivity index (χ0n) is 21.8. The summed E-state index contributed by atoms with van der Waals surface area (Å²) in [6.45, 7) is 2.73. The molecule has 0 fully saturated rings. The molecule has 1 amide bonds. The summed E-state index contributed by atoms with van der Waals surface area (Å²) in [5.41, 5.74) is 5.35. The molecule has 0 saturated carbocycles. The van der Waals surface area contributed by atoms with E-state index < -0.39 is 11.6 Å². The number of fused-ring (bicyclic) bond motifs is 1. The van der Waals surface area contributed by atoms with Gasteiger partial charge in [0.15, 0.2) is 0 Å². The maximum atomic E-state index is 14.0. The number of hydrogen-bond acceptors (Lipinski definition) is 5. The number of nitrogens with one attached hydrogen (secondary N) is 2. The first kappa shape index (κ1) is 25.9. The van der Waals surface area contributed by atoms with E-state index in [2.05, 4.69) is 31.6 Å². The Morgan fingerprint density at radius 3 is 2.31 bits per heavy atom. The largest absolute Gasteiger partial charge is 0.324 e. The summed E-state index contributed by atoms with van der Waals surface area (Å²) < 4.78 is 27.9. The van der Waals surface area contributed by atoms with Gasteiger partial charge in [-0.1, -0.05) is 30.3 Å². The molecule has 0 atom stereocenters. The maximum Gasteiger partial charge on any atom is 0.255 e. The van der Waals surface area contributed by atoms with Gasteiger partial charge in [0.25, 0.3) is 5.91 Å². The first-order valence-electron chi connectivity index (χ1n) is 12.4. The lowest BCUT2D eigenvalue weighted by Crippen LogP contribution is -2.14. The molecule has 0 bridgehead atoms. The standard InChI is InChI=1S/C31H27F2N5O/c1-19-8-9-20(18-38(2)3)14-28(19)35-30(39)21-10-12-25(13-11-21)34-31-36-27-7-5-4-6-26(27)29(37-31)22-15-23(32)17-24(33)16-22/h4-17H,18H2,1-3H3,(H,35,39)(H,34,36,37). The molecule has 196 valence electrons.